The molecule has 0 spiro atoms. The van der Waals surface area contributed by atoms with E-state index in [4.69, 9.17) is 23.9 Å². The number of benzene rings is 4. The quantitative estimate of drug-likeness (QED) is 0.0498. The fourth-order valence-electron chi connectivity index (χ4n) is 12.3. The Hall–Kier alpha value is -8.09. The van der Waals surface area contributed by atoms with Crippen molar-refractivity contribution in [3.05, 3.63) is 118 Å². The van der Waals surface area contributed by atoms with Crippen LogP contribution in [-0.4, -0.2) is 181 Å². The highest BCUT2D eigenvalue weighted by molar-refractivity contribution is 7.13. The molecule has 4 amide bonds. The summed E-state index contributed by atoms with van der Waals surface area (Å²) in [7, 11) is 5.71. The standard InChI is InChI=1S/C65H75FN12O9S/c1-35(2)60(64(82)77-27-45(80)19-54(77)63(81)69-53(31-79)43-15-17-44(18-16-43)62-38(5)67-34-88-62)78-30-52(72-73-78)42-11-9-39(10-12-42)33-86-61-58(57-37(4)50(66)21-51-49(57)23-68-71-51)47(41-13-14-41)20-48-55(22-56(70-59(48)61)85-32-36(3)84-8)87-46-28-76(29-46)65(83)75-25-40(26-75)24-74(6)7/h9-12,15-18,20-23,30,34-36,40-41,45-46,53-54,60,79-80H,13-14,19,24-29,31-33H2,1-8H3,(H,68,71)(H,69,81)/t36-,45+,53-,54-,60-/m0/s1. The summed E-state index contributed by atoms with van der Waals surface area (Å²) < 4.78 is 43.6. The van der Waals surface area contributed by atoms with E-state index in [1.54, 1.807) is 38.0 Å². The molecular formula is C65H75FN12O9S. The summed E-state index contributed by atoms with van der Waals surface area (Å²) in [6, 6.07) is 18.0. The van der Waals surface area contributed by atoms with E-state index in [1.807, 2.05) is 100 Å². The van der Waals surface area contributed by atoms with Gasteiger partial charge in [-0.3, -0.25) is 14.7 Å². The minimum atomic E-state index is -0.996. The number of likely N-dealkylation sites (tertiary alicyclic amines) is 3. The van der Waals surface area contributed by atoms with E-state index in [-0.39, 0.29) is 68.7 Å². The Bertz CT molecular complexity index is 3860. The molecule has 0 bridgehead atoms. The van der Waals surface area contributed by atoms with Crippen LogP contribution in [0.5, 0.6) is 17.4 Å². The Morgan fingerprint density at radius 1 is 0.920 bits per heavy atom. The molecule has 0 radical (unpaired) electrons. The number of aromatic nitrogens is 7. The number of fused-ring (bicyclic) bond motifs is 2. The Balaban J connectivity index is 0.808. The number of aryl methyl sites for hydroxylation is 1. The van der Waals surface area contributed by atoms with Gasteiger partial charge in [0.05, 0.1) is 71.9 Å². The minimum absolute atomic E-state index is 0.0131. The molecule has 3 aliphatic heterocycles. The highest BCUT2D eigenvalue weighted by atomic mass is 32.1. The number of methoxy groups -OCH3 is 1. The predicted molar refractivity (Wildman–Crippen MR) is 331 cm³/mol. The molecule has 23 heteroatoms. The average Bonchev–Trinajstić information content (AvgIpc) is 1.24. The Morgan fingerprint density at radius 2 is 1.66 bits per heavy atom. The summed E-state index contributed by atoms with van der Waals surface area (Å²) in [4.78, 5) is 60.0. The van der Waals surface area contributed by atoms with Crippen molar-refractivity contribution in [2.24, 2.45) is 11.8 Å². The number of nitrogens with zero attached hydrogens (tertiary/aromatic N) is 10. The first-order valence-electron chi connectivity index (χ1n) is 30.1. The van der Waals surface area contributed by atoms with Crippen molar-refractivity contribution in [1.29, 1.82) is 0 Å². The molecular weight excluding hydrogens is 1140 g/mol. The van der Waals surface area contributed by atoms with Crippen LogP contribution in [0, 0.1) is 31.5 Å². The number of thiazole rings is 1. The summed E-state index contributed by atoms with van der Waals surface area (Å²) in [5, 5.41) is 42.1. The smallest absolute Gasteiger partial charge is 0.320 e. The molecule has 0 unspecified atom stereocenters. The van der Waals surface area contributed by atoms with Crippen LogP contribution in [0.4, 0.5) is 9.18 Å². The number of aromatic amines is 1. The van der Waals surface area contributed by atoms with Crippen molar-refractivity contribution in [3.63, 3.8) is 0 Å². The summed E-state index contributed by atoms with van der Waals surface area (Å²) in [6.45, 7) is 12.5. The zero-order chi connectivity index (χ0) is 61.7. The number of H-pyrrole nitrogens is 1. The van der Waals surface area contributed by atoms with Gasteiger partial charge in [0.25, 0.3) is 0 Å². The fraction of sp³-hybridized carbons (Fsp3) is 0.446. The molecule has 1 aliphatic carbocycles. The Morgan fingerprint density at radius 3 is 2.34 bits per heavy atom. The molecule has 462 valence electrons. The van der Waals surface area contributed by atoms with Crippen molar-refractivity contribution < 1.29 is 47.9 Å². The molecule has 1 saturated carbocycles. The van der Waals surface area contributed by atoms with Gasteiger partial charge in [-0.05, 0) is 99.5 Å². The SMILES string of the molecule is CO[C@@H](C)COc1cc(OC2CN(C(=O)N3CC(CN(C)C)C3)C2)c2cc(C3CC3)c(-c3c(C)c(F)cc4[nH]ncc34)c(OCc3ccc(-c4cn([C@H](C(=O)N5C[C@H](O)C[C@H]5C(=O)N[C@@H](CO)c5ccc(-c6scnc6C)cc5)C(C)C)nn4)cc3)c2n1. The lowest BCUT2D eigenvalue weighted by Gasteiger charge is -2.47. The Kier molecular flexibility index (Phi) is 17.2. The van der Waals surface area contributed by atoms with Gasteiger partial charge in [-0.15, -0.1) is 16.4 Å². The van der Waals surface area contributed by atoms with Crippen LogP contribution in [0.25, 0.3) is 54.6 Å². The lowest BCUT2D eigenvalue weighted by molar-refractivity contribution is -0.142. The normalized spacial score (nSPS) is 18.3. The van der Waals surface area contributed by atoms with Crippen LogP contribution in [0.2, 0.25) is 0 Å². The topological polar surface area (TPSA) is 239 Å². The van der Waals surface area contributed by atoms with Gasteiger partial charge in [0, 0.05) is 79.2 Å². The maximum absolute atomic E-state index is 16.2. The van der Waals surface area contributed by atoms with E-state index in [9.17, 15) is 24.6 Å². The third kappa shape index (κ3) is 12.3. The van der Waals surface area contributed by atoms with Gasteiger partial charge in [-0.1, -0.05) is 67.6 Å². The van der Waals surface area contributed by atoms with E-state index in [2.05, 4.69) is 41.8 Å². The maximum atomic E-state index is 16.2. The van der Waals surface area contributed by atoms with Crippen LogP contribution in [0.3, 0.4) is 0 Å². The number of aliphatic hydroxyl groups is 2. The number of nitrogens with one attached hydrogen (secondary N) is 2. The van der Waals surface area contributed by atoms with Gasteiger partial charge in [0.2, 0.25) is 17.7 Å². The number of hydrogen-bond donors (Lipinski definition) is 4. The number of pyridine rings is 1. The summed E-state index contributed by atoms with van der Waals surface area (Å²) >= 11 is 1.54. The number of ether oxygens (including phenoxy) is 4. The molecule has 5 atom stereocenters. The van der Waals surface area contributed by atoms with E-state index in [0.29, 0.717) is 80.4 Å². The lowest BCUT2D eigenvalue weighted by Crippen LogP contribution is -2.64. The number of halogens is 1. The number of urea groups is 1. The number of rotatable bonds is 22. The molecule has 4 aromatic carbocycles. The van der Waals surface area contributed by atoms with Crippen molar-refractivity contribution in [1.82, 2.24) is 60.1 Å². The first-order chi connectivity index (χ1) is 42.4. The second-order valence-electron chi connectivity index (χ2n) is 24.6. The van der Waals surface area contributed by atoms with Crippen molar-refractivity contribution in [3.8, 4) is 50.2 Å². The van der Waals surface area contributed by atoms with Gasteiger partial charge >= 0.3 is 6.03 Å². The summed E-state index contributed by atoms with van der Waals surface area (Å²) in [5.74, 6) is 0.245. The van der Waals surface area contributed by atoms with Crippen LogP contribution in [0.15, 0.2) is 84.6 Å². The van der Waals surface area contributed by atoms with Gasteiger partial charge in [-0.2, -0.15) is 5.10 Å². The second-order valence-corrected chi connectivity index (χ2v) is 25.4. The van der Waals surface area contributed by atoms with Crippen LogP contribution in [0.1, 0.15) is 86.0 Å². The molecule has 88 heavy (non-hydrogen) atoms. The van der Waals surface area contributed by atoms with E-state index in [0.717, 1.165) is 65.1 Å². The van der Waals surface area contributed by atoms with Crippen LogP contribution >= 0.6 is 11.3 Å². The van der Waals surface area contributed by atoms with Crippen molar-refractivity contribution >= 4 is 51.0 Å². The van der Waals surface area contributed by atoms with E-state index >= 15 is 4.39 Å². The Labute approximate surface area is 513 Å². The molecule has 12 rings (SSSR count). The molecule has 4 fully saturated rings. The average molecular weight is 1220 g/mol. The van der Waals surface area contributed by atoms with Gasteiger partial charge in [0.1, 0.15) is 54.2 Å². The number of amides is 4. The number of carbonyl (C=O) groups is 3. The zero-order valence-electron chi connectivity index (χ0n) is 50.8. The largest absolute Gasteiger partial charge is 0.486 e. The van der Waals surface area contributed by atoms with Gasteiger partial charge < -0.3 is 54.1 Å². The predicted octanol–water partition coefficient (Wildman–Crippen LogP) is 8.47. The fourth-order valence-corrected chi connectivity index (χ4v) is 13.2. The molecule has 3 saturated heterocycles. The summed E-state index contributed by atoms with van der Waals surface area (Å²) in [5.41, 5.74) is 10.1. The molecule has 21 nitrogen and oxygen atoms in total. The highest BCUT2D eigenvalue weighted by Crippen LogP contribution is 2.54. The van der Waals surface area contributed by atoms with E-state index in [1.165, 1.54) is 27.0 Å². The molecule has 7 heterocycles. The van der Waals surface area contributed by atoms with Crippen LogP contribution in [-0.2, 0) is 20.9 Å². The number of carbonyl (C=O) groups excluding carboxylic acids is 3. The number of aliphatic hydroxyl groups excluding tert-OH is 2. The van der Waals surface area contributed by atoms with Crippen LogP contribution < -0.4 is 19.5 Å². The molecule has 8 aromatic rings. The summed E-state index contributed by atoms with van der Waals surface area (Å²) in [6.07, 6.45) is 3.79. The number of β-amino-alcohol motifs (C(OH)–C–C–N with tert-alkyl or cyclic N) is 1. The van der Waals surface area contributed by atoms with Gasteiger partial charge in [-0.25, -0.2) is 23.8 Å². The lowest BCUT2D eigenvalue weighted by atomic mass is 9.88. The molecule has 4 aromatic heterocycles. The van der Waals surface area contributed by atoms with Gasteiger partial charge in [0.15, 0.2) is 5.75 Å². The van der Waals surface area contributed by atoms with E-state index < -0.39 is 41.9 Å². The maximum Gasteiger partial charge on any atom is 0.320 e. The third-order valence-corrected chi connectivity index (χ3v) is 18.3. The van der Waals surface area contributed by atoms with Crippen molar-refractivity contribution in [2.45, 2.75) is 103 Å². The second kappa shape index (κ2) is 25.2. The first kappa shape index (κ1) is 60.2. The zero-order valence-corrected chi connectivity index (χ0v) is 51.6. The third-order valence-electron chi connectivity index (χ3n) is 17.4. The highest BCUT2D eigenvalue weighted by Gasteiger charge is 2.44. The minimum Gasteiger partial charge on any atom is -0.486 e. The molecule has 4 N–H and O–H groups in total. The van der Waals surface area contributed by atoms with Crippen molar-refractivity contribution in [2.75, 3.05) is 73.7 Å². The first-order valence-corrected chi connectivity index (χ1v) is 31.0. The molecule has 4 aliphatic rings. The monoisotopic (exact) mass is 1220 g/mol. The number of hydrogen-bond acceptors (Lipinski definition) is 16.